The lowest BCUT2D eigenvalue weighted by atomic mass is 9.89. The summed E-state index contributed by atoms with van der Waals surface area (Å²) in [5, 5.41) is 14.1. The van der Waals surface area contributed by atoms with Gasteiger partial charge in [-0.25, -0.2) is 0 Å². The van der Waals surface area contributed by atoms with Crippen LogP contribution in [0.25, 0.3) is 0 Å². The van der Waals surface area contributed by atoms with E-state index in [1.54, 1.807) is 36.4 Å². The predicted molar refractivity (Wildman–Crippen MR) is 180 cm³/mol. The van der Waals surface area contributed by atoms with E-state index in [1.165, 1.54) is 0 Å². The number of anilines is 3. The number of fused-ring (bicyclic) bond motifs is 2. The molecule has 1 aromatic heterocycles. The van der Waals surface area contributed by atoms with Crippen molar-refractivity contribution in [3.8, 4) is 11.8 Å². The second-order valence-corrected chi connectivity index (χ2v) is 13.0. The molecule has 3 amide bonds. The van der Waals surface area contributed by atoms with Crippen LogP contribution in [0.3, 0.4) is 0 Å². The zero-order chi connectivity index (χ0) is 36.4. The van der Waals surface area contributed by atoms with Gasteiger partial charge in [0.25, 0.3) is 5.91 Å². The highest BCUT2D eigenvalue weighted by Crippen LogP contribution is 2.24. The zero-order valence-electron chi connectivity index (χ0n) is 28.3. The molecule has 1 aliphatic carbocycles. The maximum absolute atomic E-state index is 12.9. The fourth-order valence-electron chi connectivity index (χ4n) is 5.00. The maximum atomic E-state index is 12.9. The van der Waals surface area contributed by atoms with E-state index in [-0.39, 0.29) is 49.6 Å². The van der Waals surface area contributed by atoms with E-state index in [9.17, 15) is 27.6 Å². The number of ether oxygens (including phenoxy) is 3. The molecule has 2 aromatic carbocycles. The van der Waals surface area contributed by atoms with Gasteiger partial charge in [0.15, 0.2) is 6.61 Å². The van der Waals surface area contributed by atoms with Gasteiger partial charge in [-0.2, -0.15) is 28.1 Å². The van der Waals surface area contributed by atoms with E-state index in [0.29, 0.717) is 30.2 Å². The first-order valence-corrected chi connectivity index (χ1v) is 16.6. The van der Waals surface area contributed by atoms with Gasteiger partial charge in [0.1, 0.15) is 5.75 Å². The van der Waals surface area contributed by atoms with Gasteiger partial charge in [-0.1, -0.05) is 26.0 Å². The quantitative estimate of drug-likeness (QED) is 0.244. The minimum absolute atomic E-state index is 0.0224. The smallest absolute Gasteiger partial charge is 0.422 e. The molecule has 14 nitrogen and oxygen atoms in total. The molecule has 3 aromatic rings. The topological polar surface area (TPSA) is 178 Å². The molecule has 1 fully saturated rings. The number of carbonyl (C=O) groups excluding carboxylic acids is 3. The van der Waals surface area contributed by atoms with Crippen LogP contribution in [0.2, 0.25) is 0 Å². The van der Waals surface area contributed by atoms with Gasteiger partial charge in [0, 0.05) is 37.5 Å². The number of hydrogen-bond acceptors (Lipinski definition) is 11. The lowest BCUT2D eigenvalue weighted by molar-refractivity contribution is -0.154. The van der Waals surface area contributed by atoms with E-state index in [1.807, 2.05) is 26.0 Å². The van der Waals surface area contributed by atoms with Crippen molar-refractivity contribution in [3.63, 3.8) is 0 Å². The second kappa shape index (κ2) is 16.7. The number of nitrogens with one attached hydrogen (secondary N) is 5. The summed E-state index contributed by atoms with van der Waals surface area (Å²) in [6, 6.07) is 12.7. The van der Waals surface area contributed by atoms with Crippen molar-refractivity contribution in [1.29, 1.82) is 0 Å². The van der Waals surface area contributed by atoms with Crippen molar-refractivity contribution in [2.75, 3.05) is 43.5 Å². The molecule has 2 unspecified atom stereocenters. The highest BCUT2D eigenvalue weighted by Gasteiger charge is 2.34. The molecule has 274 valence electrons. The molecule has 51 heavy (non-hydrogen) atoms. The van der Waals surface area contributed by atoms with E-state index in [0.717, 1.165) is 31.2 Å². The van der Waals surface area contributed by atoms with Crippen LogP contribution >= 0.6 is 0 Å². The van der Waals surface area contributed by atoms with Crippen LogP contribution in [0.5, 0.6) is 11.8 Å². The van der Waals surface area contributed by atoms with Crippen LogP contribution < -0.4 is 36.1 Å². The molecule has 4 aliphatic rings. The second-order valence-electron chi connectivity index (χ2n) is 13.0. The Morgan fingerprint density at radius 3 is 2.20 bits per heavy atom. The maximum Gasteiger partial charge on any atom is 0.422 e. The van der Waals surface area contributed by atoms with Crippen molar-refractivity contribution in [3.05, 3.63) is 59.7 Å². The summed E-state index contributed by atoms with van der Waals surface area (Å²) < 4.78 is 55.2. The highest BCUT2D eigenvalue weighted by atomic mass is 19.4. The van der Waals surface area contributed by atoms with Crippen molar-refractivity contribution in [1.82, 2.24) is 30.9 Å². The van der Waals surface area contributed by atoms with Crippen LogP contribution in [0.15, 0.2) is 48.5 Å². The van der Waals surface area contributed by atoms with Crippen LogP contribution in [0.4, 0.5) is 30.8 Å². The Morgan fingerprint density at radius 1 is 0.824 bits per heavy atom. The molecule has 17 heteroatoms. The van der Waals surface area contributed by atoms with Crippen molar-refractivity contribution in [2.24, 2.45) is 5.41 Å². The number of alkyl halides is 3. The summed E-state index contributed by atoms with van der Waals surface area (Å²) in [5.41, 5.74) is 1.02. The molecule has 4 heterocycles. The van der Waals surface area contributed by atoms with Crippen molar-refractivity contribution in [2.45, 2.75) is 64.4 Å². The largest absolute Gasteiger partial charge is 0.494 e. The van der Waals surface area contributed by atoms with Crippen LogP contribution in [-0.2, 0) is 20.9 Å². The Labute approximate surface area is 292 Å². The minimum atomic E-state index is -4.60. The molecular formula is C34H41F3N8O6. The zero-order valence-corrected chi connectivity index (χ0v) is 28.3. The summed E-state index contributed by atoms with van der Waals surface area (Å²) in [7, 11) is 0. The first kappa shape index (κ1) is 37.1. The van der Waals surface area contributed by atoms with Crippen LogP contribution in [0, 0.1) is 5.41 Å². The molecule has 1 saturated carbocycles. The standard InChI is InChI=1S/C34H41F3N8O6/c1-33(2)18-39-27(46)22-7-9-23(10-8-22)41-31-43-30(44-32(45-31)51-20-34(35,36)37)38-17-21-5-11-24(12-6-21)49-15-3-4-16-50-26-14-13-25(26)42-29(48)28(47)40-19-33/h5-12,25-26H,3-4,13-20H2,1-2H3,(H,39,46)(H,40,47)(H,42,48)(H2,38,41,43,44,45). The monoisotopic (exact) mass is 714 g/mol. The van der Waals surface area contributed by atoms with E-state index < -0.39 is 36.0 Å². The third kappa shape index (κ3) is 11.7. The van der Waals surface area contributed by atoms with Gasteiger partial charge in [-0.05, 0) is 73.1 Å². The molecular weight excluding hydrogens is 673 g/mol. The van der Waals surface area contributed by atoms with Crippen molar-refractivity contribution >= 4 is 35.3 Å². The summed E-state index contributed by atoms with van der Waals surface area (Å²) >= 11 is 0. The van der Waals surface area contributed by atoms with Crippen LogP contribution in [0.1, 0.15) is 55.5 Å². The Bertz CT molecular complexity index is 1660. The van der Waals surface area contributed by atoms with Crippen LogP contribution in [-0.4, -0.2) is 83.9 Å². The summed E-state index contributed by atoms with van der Waals surface area (Å²) in [5.74, 6) is -1.31. The Balaban J connectivity index is 1.29. The average molecular weight is 715 g/mol. The van der Waals surface area contributed by atoms with Gasteiger partial charge in [0.05, 0.1) is 18.8 Å². The lowest BCUT2D eigenvalue weighted by Gasteiger charge is -2.36. The number of nitrogens with zero attached hydrogens (tertiary/aromatic N) is 3. The highest BCUT2D eigenvalue weighted by molar-refractivity contribution is 6.35. The van der Waals surface area contributed by atoms with E-state index >= 15 is 0 Å². The summed E-state index contributed by atoms with van der Waals surface area (Å²) in [6.45, 7) is 3.61. The molecule has 0 spiro atoms. The molecule has 5 N–H and O–H groups in total. The van der Waals surface area contributed by atoms with E-state index in [4.69, 9.17) is 14.2 Å². The van der Waals surface area contributed by atoms with E-state index in [2.05, 4.69) is 41.5 Å². The van der Waals surface area contributed by atoms with Gasteiger partial charge < -0.3 is 40.8 Å². The Morgan fingerprint density at radius 2 is 1.51 bits per heavy atom. The molecule has 6 bridgehead atoms. The fraction of sp³-hybridized carbons (Fsp3) is 0.471. The third-order valence-corrected chi connectivity index (χ3v) is 8.09. The Hall–Kier alpha value is -5.19. The average Bonchev–Trinajstić information content (AvgIpc) is 3.09. The van der Waals surface area contributed by atoms with Gasteiger partial charge in [-0.3, -0.25) is 14.4 Å². The van der Waals surface area contributed by atoms with Crippen molar-refractivity contribution < 1.29 is 41.8 Å². The Kier molecular flexibility index (Phi) is 12.1. The SMILES string of the molecule is CC1(C)CNC(=O)C(=O)NC2CCC2OCCCCOc2ccc(cc2)CNc2nc(nc(OCC(F)(F)F)n2)Nc2ccc(cc2)C(=O)NC1. The van der Waals surface area contributed by atoms with Gasteiger partial charge >= 0.3 is 24.0 Å². The minimum Gasteiger partial charge on any atom is -0.494 e. The summed E-state index contributed by atoms with van der Waals surface area (Å²) in [6.07, 6.45) is -1.77. The normalized spacial score (nSPS) is 20.8. The number of aromatic nitrogens is 3. The molecule has 3 aliphatic heterocycles. The number of rotatable bonds is 2. The number of carbonyl (C=O) groups is 3. The molecule has 0 radical (unpaired) electrons. The lowest BCUT2D eigenvalue weighted by Crippen LogP contribution is -2.55. The fourth-order valence-corrected chi connectivity index (χ4v) is 5.00. The molecule has 2 atom stereocenters. The third-order valence-electron chi connectivity index (χ3n) is 8.09. The van der Waals surface area contributed by atoms with Gasteiger partial charge in [-0.15, -0.1) is 0 Å². The predicted octanol–water partition coefficient (Wildman–Crippen LogP) is 3.88. The summed E-state index contributed by atoms with van der Waals surface area (Å²) in [4.78, 5) is 50.2. The number of amides is 3. The molecule has 0 saturated heterocycles. The first-order chi connectivity index (χ1) is 24.3. The number of hydrogen-bond donors (Lipinski definition) is 5. The number of benzene rings is 2. The molecule has 7 rings (SSSR count). The number of halogens is 3. The van der Waals surface area contributed by atoms with Gasteiger partial charge in [0.2, 0.25) is 11.9 Å². The first-order valence-electron chi connectivity index (χ1n) is 16.6.